The Kier molecular flexibility index (Phi) is 10.8. The molecule has 0 saturated heterocycles. The van der Waals surface area contributed by atoms with Crippen LogP contribution in [-0.2, 0) is 4.74 Å². The minimum atomic E-state index is -1.34. The fourth-order valence-electron chi connectivity index (χ4n) is 6.57. The summed E-state index contributed by atoms with van der Waals surface area (Å²) in [6.07, 6.45) is 3.28. The van der Waals surface area contributed by atoms with E-state index >= 15 is 0 Å². The third-order valence-electron chi connectivity index (χ3n) is 9.38. The minimum Gasteiger partial charge on any atom is -0.478 e. The number of aromatic carboxylic acids is 1. The number of carbonyl (C=O) groups excluding carboxylic acids is 1. The Morgan fingerprint density at radius 3 is 1.42 bits per heavy atom. The second-order valence-electron chi connectivity index (χ2n) is 12.9. The van der Waals surface area contributed by atoms with E-state index in [0.717, 1.165) is 28.6 Å². The number of benzene rings is 4. The number of imidazole rings is 2. The van der Waals surface area contributed by atoms with Gasteiger partial charge in [-0.3, -0.25) is 18.3 Å². The van der Waals surface area contributed by atoms with E-state index in [0.29, 0.717) is 54.6 Å². The molecule has 8 rings (SSSR count). The summed E-state index contributed by atoms with van der Waals surface area (Å²) in [4.78, 5) is 38.7. The van der Waals surface area contributed by atoms with E-state index in [1.165, 1.54) is 31.4 Å². The number of aromatic nitrogens is 6. The van der Waals surface area contributed by atoms with Crippen molar-refractivity contribution in [1.29, 1.82) is 0 Å². The van der Waals surface area contributed by atoms with E-state index in [1.54, 1.807) is 79.2 Å². The van der Waals surface area contributed by atoms with Gasteiger partial charge in [-0.05, 0) is 134 Å². The van der Waals surface area contributed by atoms with Crippen LogP contribution in [-0.4, -0.2) is 52.4 Å². The number of hydrogen-bond donors (Lipinski definition) is 1. The molecule has 4 aromatic heterocycles. The molecule has 4 heterocycles. The van der Waals surface area contributed by atoms with Gasteiger partial charge in [-0.15, -0.1) is 0 Å². The number of carbonyl (C=O) groups is 2. The molecule has 8 aromatic rings. The lowest BCUT2D eigenvalue weighted by Crippen LogP contribution is -2.06. The molecule has 16 heteroatoms. The Morgan fingerprint density at radius 2 is 1.05 bits per heavy atom. The number of carboxylic acid groups (broad SMARTS) is 1. The van der Waals surface area contributed by atoms with Crippen LogP contribution in [0, 0.1) is 48.2 Å². The van der Waals surface area contributed by atoms with Crippen LogP contribution in [0.1, 0.15) is 31.8 Å². The van der Waals surface area contributed by atoms with Gasteiger partial charge in [0.1, 0.15) is 11.6 Å². The molecule has 0 radical (unpaired) electrons. The minimum absolute atomic E-state index is 0.153. The molecule has 0 spiro atoms. The van der Waals surface area contributed by atoms with Crippen LogP contribution in [0.15, 0.2) is 109 Å². The molecule has 0 aliphatic carbocycles. The van der Waals surface area contributed by atoms with Crippen molar-refractivity contribution < 1.29 is 28.2 Å². The first kappa shape index (κ1) is 39.6. The number of nitrogens with zero attached hydrogens (tertiary/aromatic N) is 8. The molecule has 4 aromatic carbocycles. The number of methoxy groups -OCH3 is 1. The Bertz CT molecular complexity index is 3250. The maximum atomic E-state index is 14.6. The molecule has 0 amide bonds. The van der Waals surface area contributed by atoms with E-state index in [-0.39, 0.29) is 5.56 Å². The van der Waals surface area contributed by atoms with Gasteiger partial charge in [0.15, 0.2) is 32.2 Å². The number of esters is 1. The normalized spacial score (nSPS) is 10.8. The molecule has 0 atom stereocenters. The van der Waals surface area contributed by atoms with Crippen molar-refractivity contribution >= 4 is 70.1 Å². The van der Waals surface area contributed by atoms with Crippen LogP contribution < -0.4 is 0 Å². The molecule has 0 saturated carbocycles. The summed E-state index contributed by atoms with van der Waals surface area (Å²) in [6, 6.07) is 26.0. The fraction of sp³-hybridized carbons (Fsp3) is 0.0698. The molecule has 0 aliphatic rings. The SMILES string of the molecule is [C-]#[N+]c1ccc(-n2c(=S)n(-c3ccc(C(=O)O)c(F)c3)c3cccnc32)cc1C.[C-]#[N+]c1ccc(-n2c(=S)n(-c3ccc(C(=O)OC)c(F)c3)c3cccnc32)cc1C. The monoisotopic (exact) mass is 822 g/mol. The summed E-state index contributed by atoms with van der Waals surface area (Å²) in [5.74, 6) is -3.64. The second-order valence-corrected chi connectivity index (χ2v) is 13.6. The Morgan fingerprint density at radius 1 is 0.644 bits per heavy atom. The largest absolute Gasteiger partial charge is 0.478 e. The van der Waals surface area contributed by atoms with Gasteiger partial charge in [-0.25, -0.2) is 38.0 Å². The van der Waals surface area contributed by atoms with E-state index in [4.69, 9.17) is 42.7 Å². The van der Waals surface area contributed by atoms with E-state index in [1.807, 2.05) is 32.0 Å². The van der Waals surface area contributed by atoms with E-state index in [2.05, 4.69) is 24.4 Å². The lowest BCUT2D eigenvalue weighted by Gasteiger charge is -2.08. The van der Waals surface area contributed by atoms with Crippen molar-refractivity contribution in [2.75, 3.05) is 7.11 Å². The van der Waals surface area contributed by atoms with Gasteiger partial charge in [-0.1, -0.05) is 12.1 Å². The first-order chi connectivity index (χ1) is 28.4. The average Bonchev–Trinajstić information content (AvgIpc) is 3.69. The van der Waals surface area contributed by atoms with Crippen LogP contribution in [0.4, 0.5) is 20.2 Å². The second kappa shape index (κ2) is 16.1. The first-order valence-corrected chi connectivity index (χ1v) is 18.3. The summed E-state index contributed by atoms with van der Waals surface area (Å²) >= 11 is 11.4. The van der Waals surface area contributed by atoms with Crippen LogP contribution in [0.5, 0.6) is 0 Å². The zero-order valence-electron chi connectivity index (χ0n) is 31.2. The number of rotatable bonds is 6. The summed E-state index contributed by atoms with van der Waals surface area (Å²) in [6.45, 7) is 18.2. The number of carboxylic acids is 1. The lowest BCUT2D eigenvalue weighted by molar-refractivity contribution is 0.0594. The van der Waals surface area contributed by atoms with Crippen molar-refractivity contribution in [2.45, 2.75) is 13.8 Å². The maximum Gasteiger partial charge on any atom is 0.340 e. The predicted octanol–water partition coefficient (Wildman–Crippen LogP) is 10.6. The van der Waals surface area contributed by atoms with Crippen molar-refractivity contribution in [3.05, 3.63) is 176 Å². The summed E-state index contributed by atoms with van der Waals surface area (Å²) in [7, 11) is 1.20. The molecular weight excluding hydrogens is 795 g/mol. The molecule has 1 N–H and O–H groups in total. The highest BCUT2D eigenvalue weighted by Crippen LogP contribution is 2.30. The quantitative estimate of drug-likeness (QED) is 0.100. The average molecular weight is 823 g/mol. The summed E-state index contributed by atoms with van der Waals surface area (Å²) in [5, 5.41) is 9.07. The molecule has 0 unspecified atom stereocenters. The molecule has 59 heavy (non-hydrogen) atoms. The highest BCUT2D eigenvalue weighted by Gasteiger charge is 2.20. The Hall–Kier alpha value is -7.66. The van der Waals surface area contributed by atoms with Gasteiger partial charge >= 0.3 is 11.9 Å². The smallest absolute Gasteiger partial charge is 0.340 e. The summed E-state index contributed by atoms with van der Waals surface area (Å²) < 4.78 is 41.1. The van der Waals surface area contributed by atoms with Gasteiger partial charge in [0.25, 0.3) is 0 Å². The topological polar surface area (TPSA) is 118 Å². The van der Waals surface area contributed by atoms with Gasteiger partial charge in [0, 0.05) is 23.8 Å². The van der Waals surface area contributed by atoms with Crippen LogP contribution >= 0.6 is 24.4 Å². The number of hydrogen-bond acceptors (Lipinski definition) is 7. The van der Waals surface area contributed by atoms with Crippen LogP contribution in [0.2, 0.25) is 0 Å². The van der Waals surface area contributed by atoms with Gasteiger partial charge in [-0.2, -0.15) is 0 Å². The molecule has 0 fully saturated rings. The van der Waals surface area contributed by atoms with Gasteiger partial charge < -0.3 is 9.84 Å². The lowest BCUT2D eigenvalue weighted by atomic mass is 10.2. The first-order valence-electron chi connectivity index (χ1n) is 17.4. The number of aryl methyl sites for hydroxylation is 2. The third kappa shape index (κ3) is 7.14. The molecule has 0 bridgehead atoms. The predicted molar refractivity (Wildman–Crippen MR) is 223 cm³/mol. The van der Waals surface area contributed by atoms with E-state index < -0.39 is 29.1 Å². The zero-order chi connectivity index (χ0) is 42.1. The van der Waals surface area contributed by atoms with Gasteiger partial charge in [0.2, 0.25) is 0 Å². The summed E-state index contributed by atoms with van der Waals surface area (Å²) in [5.41, 5.74) is 6.96. The van der Waals surface area contributed by atoms with E-state index in [9.17, 15) is 18.4 Å². The van der Waals surface area contributed by atoms with Crippen molar-refractivity contribution in [1.82, 2.24) is 28.2 Å². The van der Waals surface area contributed by atoms with Crippen molar-refractivity contribution in [2.24, 2.45) is 0 Å². The molecule has 12 nitrogen and oxygen atoms in total. The highest BCUT2D eigenvalue weighted by atomic mass is 32.1. The fourth-order valence-corrected chi connectivity index (χ4v) is 7.36. The van der Waals surface area contributed by atoms with Crippen LogP contribution in [0.3, 0.4) is 0 Å². The van der Waals surface area contributed by atoms with Gasteiger partial charge in [0.05, 0.1) is 53.8 Å². The van der Waals surface area contributed by atoms with Crippen LogP contribution in [0.25, 0.3) is 54.8 Å². The zero-order valence-corrected chi connectivity index (χ0v) is 32.8. The number of halogens is 2. The molecular formula is C43H28F2N8O4S2. The Labute approximate surface area is 344 Å². The highest BCUT2D eigenvalue weighted by molar-refractivity contribution is 7.71. The van der Waals surface area contributed by atoms with Crippen molar-refractivity contribution in [3.8, 4) is 22.7 Å². The number of pyridine rings is 2. The molecule has 290 valence electrons. The Balaban J connectivity index is 0.000000179. The number of fused-ring (bicyclic) bond motifs is 2. The standard InChI is InChI=1S/C22H15FN4O2S.C21H13FN4O2S/c1-13-11-14(7-9-18(13)24-2)27-20-19(5-4-10-25-20)26(22(27)30)15-6-8-16(17(23)12-15)21(28)29-3;1-12-10-13(6-8-17(12)23-2)26-19-18(4-3-9-24-19)25(21(26)29)14-5-7-15(20(27)28)16(22)11-14/h4-12H,1,3H3;3-11H,1H3,(H,27,28). The molecule has 0 aliphatic heterocycles. The van der Waals surface area contributed by atoms with Crippen molar-refractivity contribution in [3.63, 3.8) is 0 Å². The maximum absolute atomic E-state index is 14.6. The third-order valence-corrected chi connectivity index (χ3v) is 10.1. The number of ether oxygens (including phenoxy) is 1.